The van der Waals surface area contributed by atoms with E-state index in [1.807, 2.05) is 6.92 Å². The van der Waals surface area contributed by atoms with Crippen molar-refractivity contribution in [1.29, 1.82) is 0 Å². The summed E-state index contributed by atoms with van der Waals surface area (Å²) in [5, 5.41) is 26.9. The minimum atomic E-state index is -0.519. The predicted octanol–water partition coefficient (Wildman–Crippen LogP) is 1.53. The van der Waals surface area contributed by atoms with Gasteiger partial charge in [0.1, 0.15) is 0 Å². The van der Waals surface area contributed by atoms with Crippen LogP contribution >= 0.6 is 11.8 Å². The molecule has 2 aromatic rings. The van der Waals surface area contributed by atoms with Gasteiger partial charge in [-0.05, 0) is 29.8 Å². The number of benzene rings is 1. The van der Waals surface area contributed by atoms with Gasteiger partial charge in [-0.25, -0.2) is 9.89 Å². The molecule has 1 aromatic heterocycles. The molecule has 0 aliphatic rings. The number of hydrogen-bond acceptors (Lipinski definition) is 6. The Hall–Kier alpha value is -2.13. The second-order valence-electron chi connectivity index (χ2n) is 4.27. The Morgan fingerprint density at radius 3 is 2.90 bits per heavy atom. The van der Waals surface area contributed by atoms with Crippen molar-refractivity contribution in [2.45, 2.75) is 36.5 Å². The van der Waals surface area contributed by atoms with Gasteiger partial charge in [-0.2, -0.15) is 0 Å². The number of aliphatic hydroxyl groups excluding tert-OH is 1. The molecule has 21 heavy (non-hydrogen) atoms. The topological polar surface area (TPSA) is 114 Å². The summed E-state index contributed by atoms with van der Waals surface area (Å²) in [7, 11) is 0. The predicted molar refractivity (Wildman–Crippen MR) is 76.3 cm³/mol. The van der Waals surface area contributed by atoms with Crippen LogP contribution in [-0.2, 0) is 13.2 Å². The van der Waals surface area contributed by atoms with Crippen LogP contribution < -0.4 is 5.69 Å². The average molecular weight is 310 g/mol. The molecule has 0 fully saturated rings. The Bertz CT molecular complexity index is 710. The molecule has 0 aliphatic carbocycles. The first kappa shape index (κ1) is 15.3. The second-order valence-corrected chi connectivity index (χ2v) is 5.28. The maximum atomic E-state index is 11.6. The van der Waals surface area contributed by atoms with Crippen molar-refractivity contribution < 1.29 is 10.0 Å². The fourth-order valence-corrected chi connectivity index (χ4v) is 2.77. The zero-order chi connectivity index (χ0) is 15.4. The number of nitrogens with zero attached hydrogens (tertiary/aromatic N) is 3. The van der Waals surface area contributed by atoms with Gasteiger partial charge in [-0.3, -0.25) is 14.7 Å². The van der Waals surface area contributed by atoms with Crippen LogP contribution in [0.5, 0.6) is 0 Å². The molecular formula is C12H14N4O4S. The van der Waals surface area contributed by atoms with E-state index in [2.05, 4.69) is 10.2 Å². The summed E-state index contributed by atoms with van der Waals surface area (Å²) in [6, 6.07) is 4.22. The molecule has 1 aromatic carbocycles. The normalized spacial score (nSPS) is 10.8. The van der Waals surface area contributed by atoms with Crippen LogP contribution in [-0.4, -0.2) is 24.8 Å². The molecule has 2 rings (SSSR count). The molecule has 0 atom stereocenters. The second kappa shape index (κ2) is 6.55. The number of nitro groups is 1. The smallest absolute Gasteiger partial charge is 0.343 e. The van der Waals surface area contributed by atoms with Gasteiger partial charge >= 0.3 is 5.69 Å². The van der Waals surface area contributed by atoms with Crippen molar-refractivity contribution in [3.63, 3.8) is 0 Å². The summed E-state index contributed by atoms with van der Waals surface area (Å²) >= 11 is 1.18. The van der Waals surface area contributed by atoms with E-state index in [-0.39, 0.29) is 18.0 Å². The number of aliphatic hydroxyl groups is 1. The van der Waals surface area contributed by atoms with Crippen molar-refractivity contribution in [3.05, 3.63) is 44.4 Å². The van der Waals surface area contributed by atoms with E-state index in [1.54, 1.807) is 6.07 Å². The first-order valence-electron chi connectivity index (χ1n) is 6.28. The molecule has 8 nitrogen and oxygen atoms in total. The zero-order valence-electron chi connectivity index (χ0n) is 11.3. The molecule has 112 valence electrons. The number of nitrogens with one attached hydrogen (secondary N) is 1. The van der Waals surface area contributed by atoms with Crippen LogP contribution in [0.1, 0.15) is 18.9 Å². The van der Waals surface area contributed by atoms with Crippen LogP contribution in [0.2, 0.25) is 0 Å². The Morgan fingerprint density at radius 2 is 2.29 bits per heavy atom. The van der Waals surface area contributed by atoms with E-state index in [0.717, 1.165) is 6.42 Å². The highest BCUT2D eigenvalue weighted by Gasteiger charge is 2.15. The van der Waals surface area contributed by atoms with Crippen molar-refractivity contribution in [1.82, 2.24) is 14.8 Å². The lowest BCUT2D eigenvalue weighted by molar-refractivity contribution is -0.385. The van der Waals surface area contributed by atoms with E-state index in [1.165, 1.54) is 28.5 Å². The minimum absolute atomic E-state index is 0.0867. The number of aromatic nitrogens is 3. The molecule has 2 N–H and O–H groups in total. The number of hydrogen-bond donors (Lipinski definition) is 2. The van der Waals surface area contributed by atoms with Crippen LogP contribution in [0.4, 0.5) is 5.69 Å². The molecule has 0 saturated carbocycles. The third kappa shape index (κ3) is 3.31. The number of non-ortho nitro benzene ring substituents is 1. The largest absolute Gasteiger partial charge is 0.392 e. The minimum Gasteiger partial charge on any atom is -0.392 e. The molecular weight excluding hydrogens is 296 g/mol. The monoisotopic (exact) mass is 310 g/mol. The summed E-state index contributed by atoms with van der Waals surface area (Å²) < 4.78 is 1.49. The Labute approximate surface area is 124 Å². The fraction of sp³-hybridized carbons (Fsp3) is 0.333. The van der Waals surface area contributed by atoms with Crippen LogP contribution in [0, 0.1) is 10.1 Å². The average Bonchev–Trinajstić information content (AvgIpc) is 2.81. The molecule has 0 saturated heterocycles. The SMILES string of the molecule is CCCn1c(Sc2ccc([N+](=O)[O-])cc2CO)n[nH]c1=O. The van der Waals surface area contributed by atoms with Crippen molar-refractivity contribution >= 4 is 17.4 Å². The number of aromatic amines is 1. The fourth-order valence-electron chi connectivity index (χ4n) is 1.80. The van der Waals surface area contributed by atoms with Gasteiger partial charge in [0, 0.05) is 23.6 Å². The van der Waals surface area contributed by atoms with E-state index >= 15 is 0 Å². The lowest BCUT2D eigenvalue weighted by Gasteiger charge is -2.07. The summed E-state index contributed by atoms with van der Waals surface area (Å²) in [6.45, 7) is 2.14. The van der Waals surface area contributed by atoms with Gasteiger partial charge < -0.3 is 5.11 Å². The quantitative estimate of drug-likeness (QED) is 0.618. The Kier molecular flexibility index (Phi) is 4.76. The summed E-state index contributed by atoms with van der Waals surface area (Å²) in [4.78, 5) is 22.5. The lowest BCUT2D eigenvalue weighted by atomic mass is 10.2. The first-order chi connectivity index (χ1) is 10.1. The van der Waals surface area contributed by atoms with E-state index in [0.29, 0.717) is 22.2 Å². The summed E-state index contributed by atoms with van der Waals surface area (Å²) in [6.07, 6.45) is 0.778. The van der Waals surface area contributed by atoms with Gasteiger partial charge in [-0.15, -0.1) is 5.10 Å². The van der Waals surface area contributed by atoms with Gasteiger partial charge in [0.05, 0.1) is 11.5 Å². The molecule has 0 aliphatic heterocycles. The summed E-state index contributed by atoms with van der Waals surface area (Å²) in [5.41, 5.74) is 0.0379. The molecule has 0 bridgehead atoms. The maximum absolute atomic E-state index is 11.6. The van der Waals surface area contributed by atoms with Crippen LogP contribution in [0.3, 0.4) is 0 Å². The van der Waals surface area contributed by atoms with E-state index in [4.69, 9.17) is 0 Å². The van der Waals surface area contributed by atoms with Gasteiger partial charge in [0.15, 0.2) is 5.16 Å². The third-order valence-electron chi connectivity index (χ3n) is 2.80. The van der Waals surface area contributed by atoms with E-state index in [9.17, 15) is 20.0 Å². The lowest BCUT2D eigenvalue weighted by Crippen LogP contribution is -2.17. The molecule has 0 radical (unpaired) electrons. The third-order valence-corrected chi connectivity index (χ3v) is 3.91. The maximum Gasteiger partial charge on any atom is 0.343 e. The molecule has 0 amide bonds. The number of nitro benzene ring substituents is 1. The van der Waals surface area contributed by atoms with Crippen molar-refractivity contribution in [3.8, 4) is 0 Å². The highest BCUT2D eigenvalue weighted by molar-refractivity contribution is 7.99. The Balaban J connectivity index is 2.35. The first-order valence-corrected chi connectivity index (χ1v) is 7.09. The Morgan fingerprint density at radius 1 is 1.52 bits per heavy atom. The van der Waals surface area contributed by atoms with Gasteiger partial charge in [-0.1, -0.05) is 6.92 Å². The molecule has 0 unspecified atom stereocenters. The van der Waals surface area contributed by atoms with Crippen molar-refractivity contribution in [2.75, 3.05) is 0 Å². The zero-order valence-corrected chi connectivity index (χ0v) is 12.1. The van der Waals surface area contributed by atoms with Gasteiger partial charge in [0.2, 0.25) is 0 Å². The van der Waals surface area contributed by atoms with Crippen LogP contribution in [0.15, 0.2) is 33.0 Å². The molecule has 9 heteroatoms. The number of H-pyrrole nitrogens is 1. The van der Waals surface area contributed by atoms with Crippen LogP contribution in [0.25, 0.3) is 0 Å². The van der Waals surface area contributed by atoms with Gasteiger partial charge in [0.25, 0.3) is 5.69 Å². The molecule has 1 heterocycles. The number of rotatable bonds is 6. The highest BCUT2D eigenvalue weighted by Crippen LogP contribution is 2.31. The van der Waals surface area contributed by atoms with E-state index < -0.39 is 4.92 Å². The molecule has 0 spiro atoms. The summed E-state index contributed by atoms with van der Waals surface area (Å²) in [5.74, 6) is 0. The standard InChI is InChI=1S/C12H14N4O4S/c1-2-5-15-11(18)13-14-12(15)21-10-4-3-9(16(19)20)6-8(10)7-17/h3-4,6,17H,2,5,7H2,1H3,(H,13,18). The highest BCUT2D eigenvalue weighted by atomic mass is 32.2. The van der Waals surface area contributed by atoms with Crippen molar-refractivity contribution in [2.24, 2.45) is 0 Å².